The predicted molar refractivity (Wildman–Crippen MR) is 97.2 cm³/mol. The molecule has 0 fully saturated rings. The summed E-state index contributed by atoms with van der Waals surface area (Å²) in [6.45, 7) is 3.74. The van der Waals surface area contributed by atoms with Gasteiger partial charge in [-0.3, -0.25) is 9.59 Å². The maximum Gasteiger partial charge on any atom is 0.248 e. The standard InChI is InChI=1S/C18H18N4O2S/c1-3-15(25-18-13(10-19)5-4-11(2)21-18)17(24)22-14-8-6-12(7-9-14)16(20)23/h4-9,15H,3H2,1-2H3,(H2,20,23)(H,22,24). The van der Waals surface area contributed by atoms with Gasteiger partial charge < -0.3 is 11.1 Å². The van der Waals surface area contributed by atoms with Gasteiger partial charge in [0.2, 0.25) is 11.8 Å². The number of hydrogen-bond donors (Lipinski definition) is 2. The lowest BCUT2D eigenvalue weighted by Gasteiger charge is -2.15. The third-order valence-electron chi connectivity index (χ3n) is 3.47. The number of nitrogens with one attached hydrogen (secondary N) is 1. The number of thioether (sulfide) groups is 1. The van der Waals surface area contributed by atoms with Gasteiger partial charge in [-0.2, -0.15) is 5.26 Å². The number of nitriles is 1. The molecule has 0 saturated heterocycles. The summed E-state index contributed by atoms with van der Waals surface area (Å²) in [5.74, 6) is -0.707. The summed E-state index contributed by atoms with van der Waals surface area (Å²) in [5.41, 5.74) is 7.39. The molecule has 1 aromatic heterocycles. The van der Waals surface area contributed by atoms with Crippen LogP contribution in [0.1, 0.15) is 35.0 Å². The van der Waals surface area contributed by atoms with Crippen LogP contribution < -0.4 is 11.1 Å². The van der Waals surface area contributed by atoms with Crippen molar-refractivity contribution in [1.29, 1.82) is 5.26 Å². The van der Waals surface area contributed by atoms with Crippen molar-refractivity contribution in [2.24, 2.45) is 5.73 Å². The molecule has 25 heavy (non-hydrogen) atoms. The van der Waals surface area contributed by atoms with Crippen molar-refractivity contribution in [3.05, 3.63) is 53.2 Å². The van der Waals surface area contributed by atoms with Crippen molar-refractivity contribution in [1.82, 2.24) is 4.98 Å². The highest BCUT2D eigenvalue weighted by Gasteiger charge is 2.20. The van der Waals surface area contributed by atoms with Gasteiger partial charge in [0.1, 0.15) is 11.1 Å². The van der Waals surface area contributed by atoms with Gasteiger partial charge in [-0.05, 0) is 49.7 Å². The third kappa shape index (κ3) is 4.81. The second kappa shape index (κ2) is 8.31. The minimum absolute atomic E-state index is 0.188. The Hall–Kier alpha value is -2.85. The number of anilines is 1. The molecule has 0 aliphatic carbocycles. The molecule has 1 aromatic carbocycles. The van der Waals surface area contributed by atoms with E-state index in [9.17, 15) is 14.9 Å². The van der Waals surface area contributed by atoms with E-state index in [0.29, 0.717) is 28.3 Å². The van der Waals surface area contributed by atoms with Crippen LogP contribution in [-0.2, 0) is 4.79 Å². The molecule has 6 nitrogen and oxygen atoms in total. The predicted octanol–water partition coefficient (Wildman–Crippen LogP) is 2.87. The first-order chi connectivity index (χ1) is 11.9. The number of nitrogens with zero attached hydrogens (tertiary/aromatic N) is 2. The number of pyridine rings is 1. The summed E-state index contributed by atoms with van der Waals surface area (Å²) < 4.78 is 0. The van der Waals surface area contributed by atoms with Gasteiger partial charge in [0.05, 0.1) is 10.8 Å². The molecule has 0 aliphatic rings. The average Bonchev–Trinajstić information content (AvgIpc) is 2.60. The average molecular weight is 354 g/mol. The minimum atomic E-state index is -0.519. The van der Waals surface area contributed by atoms with Crippen LogP contribution in [0.25, 0.3) is 0 Å². The number of carbonyl (C=O) groups is 2. The number of carbonyl (C=O) groups excluding carboxylic acids is 2. The molecule has 128 valence electrons. The molecule has 1 heterocycles. The van der Waals surface area contributed by atoms with Crippen LogP contribution in [-0.4, -0.2) is 22.0 Å². The summed E-state index contributed by atoms with van der Waals surface area (Å²) in [5, 5.41) is 12.2. The van der Waals surface area contributed by atoms with Crippen molar-refractivity contribution >= 4 is 29.3 Å². The second-order valence-electron chi connectivity index (χ2n) is 5.36. The molecule has 0 radical (unpaired) electrons. The number of primary amides is 1. The number of rotatable bonds is 6. The van der Waals surface area contributed by atoms with Gasteiger partial charge >= 0.3 is 0 Å². The Morgan fingerprint density at radius 1 is 1.28 bits per heavy atom. The van der Waals surface area contributed by atoms with Crippen LogP contribution in [0, 0.1) is 18.3 Å². The van der Waals surface area contributed by atoms with Gasteiger partial charge in [0, 0.05) is 16.9 Å². The smallest absolute Gasteiger partial charge is 0.248 e. The van der Waals surface area contributed by atoms with Crippen LogP contribution in [0.3, 0.4) is 0 Å². The fourth-order valence-electron chi connectivity index (χ4n) is 2.11. The normalized spacial score (nSPS) is 11.4. The second-order valence-corrected chi connectivity index (χ2v) is 6.55. The van der Waals surface area contributed by atoms with Gasteiger partial charge in [0.25, 0.3) is 0 Å². The topological polar surface area (TPSA) is 109 Å². The van der Waals surface area contributed by atoms with Gasteiger partial charge in [-0.25, -0.2) is 4.98 Å². The molecule has 0 aliphatic heterocycles. The summed E-state index contributed by atoms with van der Waals surface area (Å²) in [6, 6.07) is 11.9. The van der Waals surface area contributed by atoms with Gasteiger partial charge in [0.15, 0.2) is 0 Å². The highest BCUT2D eigenvalue weighted by molar-refractivity contribution is 8.00. The first-order valence-electron chi connectivity index (χ1n) is 7.69. The molecule has 7 heteroatoms. The van der Waals surface area contributed by atoms with E-state index in [1.807, 2.05) is 13.8 Å². The molecule has 2 rings (SSSR count). The van der Waals surface area contributed by atoms with E-state index in [0.717, 1.165) is 5.69 Å². The molecule has 1 atom stereocenters. The Labute approximate surface area is 150 Å². The lowest BCUT2D eigenvalue weighted by Crippen LogP contribution is -2.25. The molecule has 2 aromatic rings. The van der Waals surface area contributed by atoms with E-state index >= 15 is 0 Å². The zero-order chi connectivity index (χ0) is 18.4. The van der Waals surface area contributed by atoms with E-state index in [-0.39, 0.29) is 5.91 Å². The van der Waals surface area contributed by atoms with Crippen molar-refractivity contribution < 1.29 is 9.59 Å². The number of nitrogens with two attached hydrogens (primary N) is 1. The third-order valence-corrected chi connectivity index (χ3v) is 4.84. The number of hydrogen-bond acceptors (Lipinski definition) is 5. The van der Waals surface area contributed by atoms with Gasteiger partial charge in [-0.15, -0.1) is 0 Å². The molecule has 2 amide bonds. The molecule has 1 unspecified atom stereocenters. The van der Waals surface area contributed by atoms with Crippen LogP contribution in [0.15, 0.2) is 41.4 Å². The molecule has 0 saturated carbocycles. The van der Waals surface area contributed by atoms with E-state index < -0.39 is 11.2 Å². The Balaban J connectivity index is 2.12. The summed E-state index contributed by atoms with van der Waals surface area (Å²) >= 11 is 1.27. The summed E-state index contributed by atoms with van der Waals surface area (Å²) in [4.78, 5) is 28.0. The zero-order valence-corrected chi connectivity index (χ0v) is 14.8. The minimum Gasteiger partial charge on any atom is -0.366 e. The quantitative estimate of drug-likeness (QED) is 0.775. The lowest BCUT2D eigenvalue weighted by atomic mass is 10.2. The van der Waals surface area contributed by atoms with Crippen molar-refractivity contribution in [3.8, 4) is 6.07 Å². The Morgan fingerprint density at radius 2 is 1.96 bits per heavy atom. The largest absolute Gasteiger partial charge is 0.366 e. The van der Waals surface area contributed by atoms with E-state index in [2.05, 4.69) is 16.4 Å². The number of benzene rings is 1. The monoisotopic (exact) mass is 354 g/mol. The Morgan fingerprint density at radius 3 is 2.52 bits per heavy atom. The fourth-order valence-corrected chi connectivity index (χ4v) is 3.14. The van der Waals surface area contributed by atoms with Crippen LogP contribution in [0.4, 0.5) is 5.69 Å². The molecule has 0 spiro atoms. The SMILES string of the molecule is CCC(Sc1nc(C)ccc1C#N)C(=O)Nc1ccc(C(N)=O)cc1. The molecule has 0 bridgehead atoms. The first-order valence-corrected chi connectivity index (χ1v) is 8.57. The van der Waals surface area contributed by atoms with E-state index in [4.69, 9.17) is 5.73 Å². The summed E-state index contributed by atoms with van der Waals surface area (Å²) in [6.07, 6.45) is 0.580. The first kappa shape index (κ1) is 18.5. The fraction of sp³-hybridized carbons (Fsp3) is 0.222. The van der Waals surface area contributed by atoms with E-state index in [1.165, 1.54) is 11.8 Å². The van der Waals surface area contributed by atoms with Crippen molar-refractivity contribution in [2.45, 2.75) is 30.5 Å². The maximum atomic E-state index is 12.5. The highest BCUT2D eigenvalue weighted by Crippen LogP contribution is 2.28. The summed E-state index contributed by atoms with van der Waals surface area (Å²) in [7, 11) is 0. The van der Waals surface area contributed by atoms with E-state index in [1.54, 1.807) is 36.4 Å². The van der Waals surface area contributed by atoms with Crippen molar-refractivity contribution in [2.75, 3.05) is 5.32 Å². The van der Waals surface area contributed by atoms with Gasteiger partial charge in [-0.1, -0.05) is 18.7 Å². The molecule has 3 N–H and O–H groups in total. The Kier molecular flexibility index (Phi) is 6.14. The highest BCUT2D eigenvalue weighted by atomic mass is 32.2. The number of aryl methyl sites for hydroxylation is 1. The van der Waals surface area contributed by atoms with Crippen molar-refractivity contribution in [3.63, 3.8) is 0 Å². The lowest BCUT2D eigenvalue weighted by molar-refractivity contribution is -0.115. The Bertz CT molecular complexity index is 828. The maximum absolute atomic E-state index is 12.5. The van der Waals surface area contributed by atoms with Crippen LogP contribution in [0.2, 0.25) is 0 Å². The number of amides is 2. The number of aromatic nitrogens is 1. The van der Waals surface area contributed by atoms with Crippen LogP contribution in [0.5, 0.6) is 0 Å². The zero-order valence-electron chi connectivity index (χ0n) is 13.9. The molecular formula is C18H18N4O2S. The van der Waals surface area contributed by atoms with Crippen LogP contribution >= 0.6 is 11.8 Å². The molecular weight excluding hydrogens is 336 g/mol.